The Morgan fingerprint density at radius 1 is 1.33 bits per heavy atom. The number of thiophene rings is 1. The molecule has 27 heavy (non-hydrogen) atoms. The third kappa shape index (κ3) is 3.52. The van der Waals surface area contributed by atoms with Crippen molar-refractivity contribution in [1.29, 1.82) is 0 Å². The summed E-state index contributed by atoms with van der Waals surface area (Å²) >= 11 is 2.94. The zero-order chi connectivity index (χ0) is 19.0. The monoisotopic (exact) mass is 397 g/mol. The molecule has 0 radical (unpaired) electrons. The van der Waals surface area contributed by atoms with Crippen LogP contribution in [0.3, 0.4) is 0 Å². The van der Waals surface area contributed by atoms with E-state index < -0.39 is 0 Å². The lowest BCUT2D eigenvalue weighted by molar-refractivity contribution is -0.115. The number of rotatable bonds is 4. The summed E-state index contributed by atoms with van der Waals surface area (Å²) in [5, 5.41) is 4.64. The van der Waals surface area contributed by atoms with Crippen molar-refractivity contribution in [2.24, 2.45) is 0 Å². The van der Waals surface area contributed by atoms with Gasteiger partial charge in [-0.05, 0) is 43.5 Å². The third-order valence-corrected chi connectivity index (χ3v) is 6.82. The lowest BCUT2D eigenvalue weighted by Crippen LogP contribution is -2.36. The number of fused-ring (bicyclic) bond motifs is 1. The third-order valence-electron chi connectivity index (χ3n) is 4.52. The van der Waals surface area contributed by atoms with Crippen LogP contribution >= 0.6 is 22.7 Å². The number of aryl methyl sites for hydroxylation is 1. The summed E-state index contributed by atoms with van der Waals surface area (Å²) < 4.78 is 1.11. The fraction of sp³-hybridized carbons (Fsp3) is 0.250. The van der Waals surface area contributed by atoms with E-state index in [2.05, 4.69) is 16.9 Å². The number of piperidine rings is 1. The molecule has 3 aromatic rings. The van der Waals surface area contributed by atoms with E-state index in [1.54, 1.807) is 16.2 Å². The van der Waals surface area contributed by atoms with Crippen LogP contribution in [-0.4, -0.2) is 23.3 Å². The van der Waals surface area contributed by atoms with Crippen molar-refractivity contribution >= 4 is 49.7 Å². The van der Waals surface area contributed by atoms with Gasteiger partial charge in [-0.25, -0.2) is 4.98 Å². The van der Waals surface area contributed by atoms with E-state index >= 15 is 0 Å². The molecular weight excluding hydrogens is 378 g/mol. The summed E-state index contributed by atoms with van der Waals surface area (Å²) in [6.45, 7) is 6.81. The molecule has 1 saturated heterocycles. The highest BCUT2D eigenvalue weighted by Gasteiger charge is 2.26. The van der Waals surface area contributed by atoms with Crippen LogP contribution < -0.4 is 10.2 Å². The van der Waals surface area contributed by atoms with Gasteiger partial charge in [-0.2, -0.15) is 0 Å². The molecule has 4 rings (SSSR count). The van der Waals surface area contributed by atoms with Crippen LogP contribution in [0.1, 0.15) is 33.1 Å². The number of amides is 2. The number of benzene rings is 1. The molecule has 2 aromatic heterocycles. The Morgan fingerprint density at radius 2 is 2.15 bits per heavy atom. The summed E-state index contributed by atoms with van der Waals surface area (Å²) in [5.41, 5.74) is 2.46. The molecule has 0 saturated carbocycles. The molecule has 2 amide bonds. The van der Waals surface area contributed by atoms with Crippen molar-refractivity contribution in [2.45, 2.75) is 26.3 Å². The summed E-state index contributed by atoms with van der Waals surface area (Å²) in [7, 11) is 0. The van der Waals surface area contributed by atoms with Crippen molar-refractivity contribution in [2.75, 3.05) is 11.4 Å². The highest BCUT2D eigenvalue weighted by molar-refractivity contribution is 7.19. The Kier molecular flexibility index (Phi) is 4.80. The van der Waals surface area contributed by atoms with Gasteiger partial charge in [-0.15, -0.1) is 22.7 Å². The normalized spacial score (nSPS) is 14.8. The number of carbonyl (C=O) groups is 2. The number of aromatic nitrogens is 1. The summed E-state index contributed by atoms with van der Waals surface area (Å²) in [5.74, 6) is -0.171. The smallest absolute Gasteiger partial charge is 0.262 e. The minimum atomic E-state index is -0.133. The largest absolute Gasteiger partial charge is 0.345 e. The highest BCUT2D eigenvalue weighted by atomic mass is 32.1. The molecular formula is C20H19N3O2S2. The Balaban J connectivity index is 1.48. The number of anilines is 1. The first kappa shape index (κ1) is 17.9. The van der Waals surface area contributed by atoms with Gasteiger partial charge in [-0.1, -0.05) is 18.7 Å². The molecule has 1 aromatic carbocycles. The second-order valence-corrected chi connectivity index (χ2v) is 8.66. The second kappa shape index (κ2) is 7.25. The minimum Gasteiger partial charge on any atom is -0.345 e. The first-order valence-electron chi connectivity index (χ1n) is 8.75. The maximum atomic E-state index is 12.7. The van der Waals surface area contributed by atoms with Gasteiger partial charge in [0.05, 0.1) is 26.6 Å². The van der Waals surface area contributed by atoms with Crippen LogP contribution in [-0.2, 0) is 11.3 Å². The van der Waals surface area contributed by atoms with E-state index in [1.165, 1.54) is 11.3 Å². The van der Waals surface area contributed by atoms with Crippen LogP contribution in [0.2, 0.25) is 0 Å². The SMILES string of the molecule is C=C1CCCN(c2cc(C)c(C(=O)NCc3nc4ccccc4s3)s2)C1=O. The minimum absolute atomic E-state index is 0.0380. The number of carbonyl (C=O) groups excluding carboxylic acids is 2. The van der Waals surface area contributed by atoms with Gasteiger partial charge < -0.3 is 5.32 Å². The quantitative estimate of drug-likeness (QED) is 0.669. The van der Waals surface area contributed by atoms with Crippen molar-refractivity contribution < 1.29 is 9.59 Å². The number of nitrogens with one attached hydrogen (secondary N) is 1. The summed E-state index contributed by atoms with van der Waals surface area (Å²) in [4.78, 5) is 31.9. The highest BCUT2D eigenvalue weighted by Crippen LogP contribution is 2.33. The molecule has 0 atom stereocenters. The molecule has 138 valence electrons. The van der Waals surface area contributed by atoms with Gasteiger partial charge >= 0.3 is 0 Å². The first-order valence-corrected chi connectivity index (χ1v) is 10.4. The van der Waals surface area contributed by atoms with Gasteiger partial charge in [0.15, 0.2) is 0 Å². The second-order valence-electron chi connectivity index (χ2n) is 6.52. The number of para-hydroxylation sites is 1. The van der Waals surface area contributed by atoms with Gasteiger partial charge in [0, 0.05) is 12.1 Å². The molecule has 0 spiro atoms. The molecule has 7 heteroatoms. The summed E-state index contributed by atoms with van der Waals surface area (Å²) in [6.07, 6.45) is 1.65. The predicted octanol–water partition coefficient (Wildman–Crippen LogP) is 4.28. The number of nitrogens with zero attached hydrogens (tertiary/aromatic N) is 2. The number of hydrogen-bond donors (Lipinski definition) is 1. The standard InChI is InChI=1S/C20H19N3O2S2/c1-12-6-5-9-23(20(12)25)17-10-13(2)18(27-17)19(24)21-11-16-22-14-7-3-4-8-15(14)26-16/h3-4,7-8,10H,1,5-6,9,11H2,2H3,(H,21,24). The van der Waals surface area contributed by atoms with Gasteiger partial charge in [0.25, 0.3) is 11.8 Å². The molecule has 1 aliphatic heterocycles. The maximum Gasteiger partial charge on any atom is 0.262 e. The van der Waals surface area contributed by atoms with Crippen LogP contribution in [0.5, 0.6) is 0 Å². The zero-order valence-electron chi connectivity index (χ0n) is 14.9. The molecule has 3 heterocycles. The molecule has 0 unspecified atom stereocenters. The van der Waals surface area contributed by atoms with Gasteiger partial charge in [0.2, 0.25) is 0 Å². The lowest BCUT2D eigenvalue weighted by Gasteiger charge is -2.26. The van der Waals surface area contributed by atoms with Crippen LogP contribution in [0.4, 0.5) is 5.00 Å². The van der Waals surface area contributed by atoms with E-state index in [1.807, 2.05) is 37.3 Å². The van der Waals surface area contributed by atoms with Crippen molar-refractivity contribution in [1.82, 2.24) is 10.3 Å². The average Bonchev–Trinajstić information content (AvgIpc) is 3.25. The Morgan fingerprint density at radius 3 is 2.96 bits per heavy atom. The van der Waals surface area contributed by atoms with Crippen molar-refractivity contribution in [3.05, 3.63) is 57.9 Å². The van der Waals surface area contributed by atoms with Crippen LogP contribution in [0.15, 0.2) is 42.5 Å². The fourth-order valence-electron chi connectivity index (χ4n) is 3.12. The van der Waals surface area contributed by atoms with Gasteiger partial charge in [-0.3, -0.25) is 14.5 Å². The Bertz CT molecular complexity index is 1020. The fourth-order valence-corrected chi connectivity index (χ4v) is 5.14. The van der Waals surface area contributed by atoms with E-state index in [9.17, 15) is 9.59 Å². The Hall–Kier alpha value is -2.51. The molecule has 0 bridgehead atoms. The van der Waals surface area contributed by atoms with Gasteiger partial charge in [0.1, 0.15) is 5.01 Å². The van der Waals surface area contributed by atoms with E-state index in [0.717, 1.165) is 38.6 Å². The molecule has 0 aliphatic carbocycles. The molecule has 5 nitrogen and oxygen atoms in total. The number of hydrogen-bond acceptors (Lipinski definition) is 5. The lowest BCUT2D eigenvalue weighted by atomic mass is 10.1. The predicted molar refractivity (Wildman–Crippen MR) is 111 cm³/mol. The number of thiazole rings is 1. The van der Waals surface area contributed by atoms with Crippen LogP contribution in [0.25, 0.3) is 10.2 Å². The van der Waals surface area contributed by atoms with E-state index in [-0.39, 0.29) is 11.8 Å². The Labute approximate surface area is 165 Å². The molecule has 1 fully saturated rings. The molecule has 1 aliphatic rings. The topological polar surface area (TPSA) is 62.3 Å². The first-order chi connectivity index (χ1) is 13.0. The zero-order valence-corrected chi connectivity index (χ0v) is 16.6. The van der Waals surface area contributed by atoms with Crippen LogP contribution in [0, 0.1) is 6.92 Å². The maximum absolute atomic E-state index is 12.7. The molecule has 1 N–H and O–H groups in total. The van der Waals surface area contributed by atoms with Crippen molar-refractivity contribution in [3.63, 3.8) is 0 Å². The van der Waals surface area contributed by atoms with E-state index in [4.69, 9.17) is 0 Å². The van der Waals surface area contributed by atoms with E-state index in [0.29, 0.717) is 23.5 Å². The average molecular weight is 398 g/mol. The summed E-state index contributed by atoms with van der Waals surface area (Å²) in [6, 6.07) is 9.84. The van der Waals surface area contributed by atoms with Crippen molar-refractivity contribution in [3.8, 4) is 0 Å².